The summed E-state index contributed by atoms with van der Waals surface area (Å²) in [4.78, 5) is 0. The number of hydrogen-bond donors (Lipinski definition) is 0. The molecule has 1 heterocycles. The van der Waals surface area contributed by atoms with E-state index in [1.54, 1.807) is 0 Å². The Bertz CT molecular complexity index is 282. The smallest absolute Gasteiger partial charge is 0.380 e. The first-order valence-corrected chi connectivity index (χ1v) is 4.45. The van der Waals surface area contributed by atoms with Gasteiger partial charge in [-0.15, -0.1) is 0 Å². The van der Waals surface area contributed by atoms with Gasteiger partial charge in [0.25, 0.3) is 0 Å². The molecule has 102 valence electrons. The fourth-order valence-corrected chi connectivity index (χ4v) is 1.05. The van der Waals surface area contributed by atoms with E-state index < -0.39 is 30.2 Å². The average molecular weight is 270 g/mol. The van der Waals surface area contributed by atoms with Gasteiger partial charge < -0.3 is 9.47 Å². The Hall–Kier alpha value is -0.570. The predicted octanol–water partition coefficient (Wildman–Crippen LogP) is 2.83. The van der Waals surface area contributed by atoms with Crippen LogP contribution >= 0.6 is 0 Å². The molecule has 0 aromatic carbocycles. The number of ether oxygens (including phenoxy) is 2. The van der Waals surface area contributed by atoms with E-state index in [1.807, 2.05) is 0 Å². The van der Waals surface area contributed by atoms with Crippen molar-refractivity contribution < 1.29 is 40.2 Å². The summed E-state index contributed by atoms with van der Waals surface area (Å²) < 4.78 is 93.3. The minimum atomic E-state index is -6.37. The third kappa shape index (κ3) is 2.65. The van der Waals surface area contributed by atoms with Gasteiger partial charge >= 0.3 is 18.2 Å². The number of hydrogen-bond acceptors (Lipinski definition) is 2. The van der Waals surface area contributed by atoms with Crippen LogP contribution in [-0.2, 0) is 9.47 Å². The maximum absolute atomic E-state index is 12.7. The highest BCUT2D eigenvalue weighted by molar-refractivity contribution is 4.87. The lowest BCUT2D eigenvalue weighted by Crippen LogP contribution is -2.55. The summed E-state index contributed by atoms with van der Waals surface area (Å²) in [5.74, 6) is -6.22. The summed E-state index contributed by atoms with van der Waals surface area (Å²) in [6.45, 7) is 0.380. The van der Waals surface area contributed by atoms with Crippen LogP contribution in [0.25, 0.3) is 0 Å². The summed E-state index contributed by atoms with van der Waals surface area (Å²) >= 11 is 0. The molecule has 1 rings (SSSR count). The van der Waals surface area contributed by atoms with Crippen LogP contribution in [-0.4, -0.2) is 38.0 Å². The van der Waals surface area contributed by atoms with Crippen LogP contribution in [0.5, 0.6) is 0 Å². The van der Waals surface area contributed by atoms with Crippen molar-refractivity contribution in [3.05, 3.63) is 0 Å². The highest BCUT2D eigenvalue weighted by Gasteiger charge is 2.74. The quantitative estimate of drug-likeness (QED) is 0.731. The largest absolute Gasteiger partial charge is 0.462 e. The molecule has 0 saturated carbocycles. The Labute approximate surface area is 91.7 Å². The predicted molar refractivity (Wildman–Crippen MR) is 40.8 cm³/mol. The van der Waals surface area contributed by atoms with Crippen LogP contribution in [0.1, 0.15) is 6.92 Å². The normalized spacial score (nSPS) is 21.2. The van der Waals surface area contributed by atoms with Crippen molar-refractivity contribution in [2.75, 3.05) is 19.8 Å². The second-order valence-electron chi connectivity index (χ2n) is 4.18. The maximum atomic E-state index is 12.7. The third-order valence-electron chi connectivity index (χ3n) is 2.22. The molecule has 0 spiro atoms. The number of alkyl halides is 7. The summed E-state index contributed by atoms with van der Waals surface area (Å²) in [7, 11) is 0. The Morgan fingerprint density at radius 2 is 1.53 bits per heavy atom. The summed E-state index contributed by atoms with van der Waals surface area (Å²) in [5, 5.41) is 0. The topological polar surface area (TPSA) is 18.5 Å². The van der Waals surface area contributed by atoms with Gasteiger partial charge in [0.1, 0.15) is 0 Å². The Morgan fingerprint density at radius 1 is 1.06 bits per heavy atom. The first-order valence-electron chi connectivity index (χ1n) is 4.45. The highest BCUT2D eigenvalue weighted by Crippen LogP contribution is 2.47. The first-order chi connectivity index (χ1) is 7.41. The van der Waals surface area contributed by atoms with Gasteiger partial charge in [-0.1, -0.05) is 6.92 Å². The Morgan fingerprint density at radius 3 is 1.82 bits per heavy atom. The summed E-state index contributed by atoms with van der Waals surface area (Å²) in [5.41, 5.74) is -0.953. The number of halogens is 7. The number of rotatable bonds is 4. The van der Waals surface area contributed by atoms with Crippen molar-refractivity contribution in [2.24, 2.45) is 5.41 Å². The van der Waals surface area contributed by atoms with Gasteiger partial charge in [0.2, 0.25) is 0 Å². The standard InChI is InChI=1S/C8H9F7O2/c1-5(2-16-3-5)4-17-8(14,15)6(9,10)7(11,12)13/h2-4H2,1H3. The van der Waals surface area contributed by atoms with E-state index in [0.29, 0.717) is 0 Å². The molecule has 0 atom stereocenters. The molecule has 0 aromatic rings. The van der Waals surface area contributed by atoms with Crippen LogP contribution in [0.3, 0.4) is 0 Å². The SMILES string of the molecule is CC1(COC(F)(F)C(F)(F)C(F)(F)F)COC1. The fraction of sp³-hybridized carbons (Fsp3) is 1.00. The second-order valence-corrected chi connectivity index (χ2v) is 4.18. The van der Waals surface area contributed by atoms with Crippen LogP contribution in [0.4, 0.5) is 30.7 Å². The molecule has 0 amide bonds. The van der Waals surface area contributed by atoms with Crippen molar-refractivity contribution >= 4 is 0 Å². The van der Waals surface area contributed by atoms with E-state index in [4.69, 9.17) is 0 Å². The molecule has 0 aromatic heterocycles. The molecule has 1 aliphatic rings. The molecule has 0 aliphatic carbocycles. The first kappa shape index (κ1) is 14.5. The molecule has 1 aliphatic heterocycles. The van der Waals surface area contributed by atoms with Crippen LogP contribution in [0, 0.1) is 5.41 Å². The van der Waals surface area contributed by atoms with Crippen LogP contribution in [0.2, 0.25) is 0 Å². The molecule has 0 N–H and O–H groups in total. The van der Waals surface area contributed by atoms with E-state index in [1.165, 1.54) is 6.92 Å². The zero-order valence-corrected chi connectivity index (χ0v) is 8.58. The second kappa shape index (κ2) is 3.98. The van der Waals surface area contributed by atoms with E-state index in [2.05, 4.69) is 9.47 Å². The van der Waals surface area contributed by atoms with Gasteiger partial charge in [-0.2, -0.15) is 30.7 Å². The lowest BCUT2D eigenvalue weighted by molar-refractivity contribution is -0.429. The van der Waals surface area contributed by atoms with E-state index in [0.717, 1.165) is 0 Å². The van der Waals surface area contributed by atoms with Crippen LogP contribution in [0.15, 0.2) is 0 Å². The monoisotopic (exact) mass is 270 g/mol. The van der Waals surface area contributed by atoms with Gasteiger partial charge in [0, 0.05) is 5.41 Å². The third-order valence-corrected chi connectivity index (χ3v) is 2.22. The molecule has 1 fully saturated rings. The Balaban J connectivity index is 2.67. The molecule has 2 nitrogen and oxygen atoms in total. The molecule has 9 heteroatoms. The van der Waals surface area contributed by atoms with Crippen molar-refractivity contribution in [3.8, 4) is 0 Å². The molecule has 0 radical (unpaired) electrons. The molecule has 1 saturated heterocycles. The van der Waals surface area contributed by atoms with E-state index in [-0.39, 0.29) is 13.2 Å². The maximum Gasteiger partial charge on any atom is 0.462 e. The highest BCUT2D eigenvalue weighted by atomic mass is 19.4. The summed E-state index contributed by atoms with van der Waals surface area (Å²) in [6, 6.07) is 0. The zero-order chi connectivity index (χ0) is 13.5. The lowest BCUT2D eigenvalue weighted by atomic mass is 9.90. The molecule has 0 bridgehead atoms. The van der Waals surface area contributed by atoms with Gasteiger partial charge in [0.15, 0.2) is 0 Å². The Kier molecular flexibility index (Phi) is 3.39. The minimum absolute atomic E-state index is 0.0271. The van der Waals surface area contributed by atoms with Crippen LogP contribution < -0.4 is 0 Å². The van der Waals surface area contributed by atoms with Crippen molar-refractivity contribution in [2.45, 2.75) is 25.1 Å². The molecular formula is C8H9F7O2. The van der Waals surface area contributed by atoms with Gasteiger partial charge in [-0.05, 0) is 0 Å². The molecular weight excluding hydrogens is 261 g/mol. The molecule has 0 unspecified atom stereocenters. The molecule has 17 heavy (non-hydrogen) atoms. The fourth-order valence-electron chi connectivity index (χ4n) is 1.05. The van der Waals surface area contributed by atoms with Gasteiger partial charge in [-0.3, -0.25) is 0 Å². The lowest BCUT2D eigenvalue weighted by Gasteiger charge is -2.39. The minimum Gasteiger partial charge on any atom is -0.380 e. The van der Waals surface area contributed by atoms with E-state index in [9.17, 15) is 30.7 Å². The van der Waals surface area contributed by atoms with Gasteiger partial charge in [-0.25, -0.2) is 0 Å². The summed E-state index contributed by atoms with van der Waals surface area (Å²) in [6.07, 6.45) is -12.0. The van der Waals surface area contributed by atoms with Gasteiger partial charge in [0.05, 0.1) is 19.8 Å². The zero-order valence-electron chi connectivity index (χ0n) is 8.58. The van der Waals surface area contributed by atoms with E-state index >= 15 is 0 Å². The van der Waals surface area contributed by atoms with Crippen molar-refractivity contribution in [3.63, 3.8) is 0 Å². The van der Waals surface area contributed by atoms with Crippen molar-refractivity contribution in [1.82, 2.24) is 0 Å². The average Bonchev–Trinajstić information content (AvgIpc) is 2.09. The van der Waals surface area contributed by atoms with Crippen molar-refractivity contribution in [1.29, 1.82) is 0 Å².